The molecular weight excluding hydrogens is 530 g/mol. The molecule has 0 saturated carbocycles. The van der Waals surface area contributed by atoms with Crippen molar-refractivity contribution < 1.29 is 17.4 Å². The molecule has 1 aliphatic rings. The number of amides is 1. The van der Waals surface area contributed by atoms with Crippen molar-refractivity contribution in [3.63, 3.8) is 0 Å². The second kappa shape index (κ2) is 14.7. The topological polar surface area (TPSA) is 97.2 Å². The molecule has 39 heavy (non-hydrogen) atoms. The molecule has 2 aromatic rings. The van der Waals surface area contributed by atoms with Gasteiger partial charge >= 0.3 is 10.1 Å². The van der Waals surface area contributed by atoms with E-state index in [1.54, 1.807) is 48.5 Å². The molecule has 0 aromatic heterocycles. The Kier molecular flexibility index (Phi) is 11.6. The Morgan fingerprint density at radius 1 is 0.974 bits per heavy atom. The molecule has 1 amide bonds. The summed E-state index contributed by atoms with van der Waals surface area (Å²) in [6, 6.07) is 13.3. The first-order valence-electron chi connectivity index (χ1n) is 13.8. The lowest BCUT2D eigenvalue weighted by molar-refractivity contribution is -0.118. The van der Waals surface area contributed by atoms with Crippen LogP contribution in [0.4, 0.5) is 0 Å². The van der Waals surface area contributed by atoms with Gasteiger partial charge in [-0.05, 0) is 47.2 Å². The molecule has 212 valence electrons. The molecule has 3 rings (SSSR count). The molecule has 0 radical (unpaired) electrons. The van der Waals surface area contributed by atoms with Crippen LogP contribution in [0.15, 0.2) is 63.6 Å². The van der Waals surface area contributed by atoms with Crippen molar-refractivity contribution in [2.24, 2.45) is 10.2 Å². The van der Waals surface area contributed by atoms with Crippen molar-refractivity contribution in [1.82, 2.24) is 5.32 Å². The Labute approximate surface area is 238 Å². The summed E-state index contributed by atoms with van der Waals surface area (Å²) in [4.78, 5) is 12.4. The summed E-state index contributed by atoms with van der Waals surface area (Å²) in [6.07, 6.45) is 12.2. The van der Waals surface area contributed by atoms with E-state index < -0.39 is 10.1 Å². The molecule has 1 saturated heterocycles. The number of carbonyl (C=O) groups is 1. The van der Waals surface area contributed by atoms with Gasteiger partial charge in [0, 0.05) is 0 Å². The first kappa shape index (κ1) is 30.9. The van der Waals surface area contributed by atoms with Crippen LogP contribution in [-0.4, -0.2) is 31.0 Å². The summed E-state index contributed by atoms with van der Waals surface area (Å²) >= 11 is 1.41. The minimum atomic E-state index is -3.98. The quantitative estimate of drug-likeness (QED) is 0.112. The molecular formula is C30H41N3O4S2. The van der Waals surface area contributed by atoms with Crippen LogP contribution in [0.5, 0.6) is 5.75 Å². The van der Waals surface area contributed by atoms with Crippen LogP contribution in [0, 0.1) is 0 Å². The van der Waals surface area contributed by atoms with Gasteiger partial charge in [0.2, 0.25) is 5.91 Å². The third kappa shape index (κ3) is 10.1. The molecule has 0 unspecified atom stereocenters. The SMILES string of the molecule is CCCCCCCCCC[C@H]1S/C(=N\N=C/c2cccc(OS(=O)(=O)c3ccc(C(C)(C)C)cc3)c2)NC1=O. The lowest BCUT2D eigenvalue weighted by atomic mass is 9.87. The largest absolute Gasteiger partial charge is 0.379 e. The first-order chi connectivity index (χ1) is 18.6. The minimum absolute atomic E-state index is 0.0203. The lowest BCUT2D eigenvalue weighted by Crippen LogP contribution is -2.24. The molecule has 1 heterocycles. The summed E-state index contributed by atoms with van der Waals surface area (Å²) in [5.41, 5.74) is 1.59. The van der Waals surface area contributed by atoms with Crippen LogP contribution in [-0.2, 0) is 20.3 Å². The maximum Gasteiger partial charge on any atom is 0.339 e. The van der Waals surface area contributed by atoms with Crippen LogP contribution in [0.3, 0.4) is 0 Å². The van der Waals surface area contributed by atoms with Gasteiger partial charge in [-0.2, -0.15) is 13.5 Å². The average molecular weight is 572 g/mol. The fourth-order valence-electron chi connectivity index (χ4n) is 4.20. The van der Waals surface area contributed by atoms with Gasteiger partial charge in [0.05, 0.1) is 11.5 Å². The number of nitrogens with one attached hydrogen (secondary N) is 1. The highest BCUT2D eigenvalue weighted by Crippen LogP contribution is 2.26. The van der Waals surface area contributed by atoms with Gasteiger partial charge in [-0.1, -0.05) is 115 Å². The van der Waals surface area contributed by atoms with E-state index in [2.05, 4.69) is 43.2 Å². The van der Waals surface area contributed by atoms with Crippen molar-refractivity contribution in [2.45, 2.75) is 101 Å². The molecule has 2 aromatic carbocycles. The number of rotatable bonds is 14. The number of benzene rings is 2. The van der Waals surface area contributed by atoms with Crippen molar-refractivity contribution in [3.8, 4) is 5.75 Å². The highest BCUT2D eigenvalue weighted by Gasteiger charge is 2.29. The zero-order valence-corrected chi connectivity index (χ0v) is 25.1. The highest BCUT2D eigenvalue weighted by atomic mass is 32.2. The summed E-state index contributed by atoms with van der Waals surface area (Å²) in [7, 11) is -3.98. The van der Waals surface area contributed by atoms with Crippen LogP contribution in [0.25, 0.3) is 0 Å². The Hall–Kier alpha value is -2.65. The fraction of sp³-hybridized carbons (Fsp3) is 0.500. The zero-order chi connectivity index (χ0) is 28.3. The Morgan fingerprint density at radius 2 is 1.64 bits per heavy atom. The first-order valence-corrected chi connectivity index (χ1v) is 16.1. The van der Waals surface area contributed by atoms with Gasteiger partial charge < -0.3 is 9.50 Å². The van der Waals surface area contributed by atoms with E-state index in [0.29, 0.717) is 10.7 Å². The number of hydrogen-bond acceptors (Lipinski definition) is 7. The Morgan fingerprint density at radius 3 is 2.31 bits per heavy atom. The van der Waals surface area contributed by atoms with E-state index in [4.69, 9.17) is 4.18 Å². The van der Waals surface area contributed by atoms with Crippen LogP contribution >= 0.6 is 11.8 Å². The van der Waals surface area contributed by atoms with Gasteiger partial charge in [0.15, 0.2) is 5.17 Å². The van der Waals surface area contributed by atoms with Crippen molar-refractivity contribution in [3.05, 3.63) is 59.7 Å². The average Bonchev–Trinajstić information content (AvgIpc) is 3.24. The monoisotopic (exact) mass is 571 g/mol. The number of unbranched alkanes of at least 4 members (excludes halogenated alkanes) is 7. The van der Waals surface area contributed by atoms with Gasteiger partial charge in [-0.3, -0.25) is 4.79 Å². The molecule has 7 nitrogen and oxygen atoms in total. The predicted octanol–water partition coefficient (Wildman–Crippen LogP) is 7.20. The second-order valence-electron chi connectivity index (χ2n) is 10.9. The standard InChI is InChI=1S/C30H41N3O4S2/c1-5-6-7-8-9-10-11-12-16-27-28(34)32-29(38-27)33-31-22-23-14-13-15-25(21-23)37-39(35,36)26-19-17-24(18-20-26)30(2,3)4/h13-15,17-22,27H,5-12,16H2,1-4H3,(H,32,33,34)/b31-22-/t27-/m1/s1. The summed E-state index contributed by atoms with van der Waals surface area (Å²) in [5.74, 6) is 0.161. The third-order valence-electron chi connectivity index (χ3n) is 6.52. The maximum absolute atomic E-state index is 12.8. The molecule has 0 bridgehead atoms. The summed E-state index contributed by atoms with van der Waals surface area (Å²) in [6.45, 7) is 8.44. The Bertz CT molecular complexity index is 1250. The second-order valence-corrected chi connectivity index (χ2v) is 13.6. The number of hydrogen-bond donors (Lipinski definition) is 1. The van der Waals surface area contributed by atoms with E-state index >= 15 is 0 Å². The maximum atomic E-state index is 12.8. The lowest BCUT2D eigenvalue weighted by Gasteiger charge is -2.19. The molecule has 1 atom stereocenters. The molecule has 0 spiro atoms. The van der Waals surface area contributed by atoms with Crippen LogP contribution in [0.2, 0.25) is 0 Å². The highest BCUT2D eigenvalue weighted by molar-refractivity contribution is 8.15. The molecule has 1 fully saturated rings. The number of thioether (sulfide) groups is 1. The third-order valence-corrected chi connectivity index (χ3v) is 8.93. The fourth-order valence-corrected chi connectivity index (χ4v) is 6.09. The predicted molar refractivity (Wildman–Crippen MR) is 161 cm³/mol. The van der Waals surface area contributed by atoms with Gasteiger partial charge in [-0.25, -0.2) is 0 Å². The van der Waals surface area contributed by atoms with Gasteiger partial charge in [-0.15, -0.1) is 5.10 Å². The van der Waals surface area contributed by atoms with Crippen molar-refractivity contribution in [2.75, 3.05) is 0 Å². The minimum Gasteiger partial charge on any atom is -0.379 e. The number of amidine groups is 1. The van der Waals surface area contributed by atoms with E-state index in [1.165, 1.54) is 56.5 Å². The van der Waals surface area contributed by atoms with Gasteiger partial charge in [0.25, 0.3) is 0 Å². The summed E-state index contributed by atoms with van der Waals surface area (Å²) < 4.78 is 30.9. The van der Waals surface area contributed by atoms with Crippen LogP contribution < -0.4 is 9.50 Å². The van der Waals surface area contributed by atoms with Crippen molar-refractivity contribution >= 4 is 39.2 Å². The molecule has 9 heteroatoms. The van der Waals surface area contributed by atoms with E-state index in [0.717, 1.165) is 24.8 Å². The smallest absolute Gasteiger partial charge is 0.339 e. The molecule has 0 aliphatic carbocycles. The number of carbonyl (C=O) groups excluding carboxylic acids is 1. The number of nitrogens with zero attached hydrogens (tertiary/aromatic N) is 2. The summed E-state index contributed by atoms with van der Waals surface area (Å²) in [5, 5.41) is 11.4. The van der Waals surface area contributed by atoms with Gasteiger partial charge in [0.1, 0.15) is 10.6 Å². The normalized spacial score (nSPS) is 17.2. The van der Waals surface area contributed by atoms with E-state index in [-0.39, 0.29) is 27.2 Å². The van der Waals surface area contributed by atoms with Crippen LogP contribution in [0.1, 0.15) is 96.6 Å². The van der Waals surface area contributed by atoms with E-state index in [9.17, 15) is 13.2 Å². The zero-order valence-electron chi connectivity index (χ0n) is 23.5. The van der Waals surface area contributed by atoms with E-state index in [1.807, 2.05) is 0 Å². The Balaban J connectivity index is 1.50. The van der Waals surface area contributed by atoms with Crippen molar-refractivity contribution in [1.29, 1.82) is 0 Å². The molecule has 1 aliphatic heterocycles. The molecule has 1 N–H and O–H groups in total.